The number of nitrogens with two attached hydrogens (primary N) is 1. The third kappa shape index (κ3) is 5.93. The third-order valence-corrected chi connectivity index (χ3v) is 6.02. The van der Waals surface area contributed by atoms with Crippen LogP contribution in [0, 0.1) is 11.3 Å². The second-order valence-corrected chi connectivity index (χ2v) is 7.78. The predicted molar refractivity (Wildman–Crippen MR) is 94.8 cm³/mol. The fraction of sp³-hybridized carbons (Fsp3) is 0.789. The number of carbonyl (C=O) groups is 2. The Morgan fingerprint density at radius 1 is 0.917 bits per heavy atom. The van der Waals surface area contributed by atoms with Crippen LogP contribution in [0.25, 0.3) is 0 Å². The van der Waals surface area contributed by atoms with E-state index in [1.54, 1.807) is 0 Å². The number of aliphatic carboxylic acids is 2. The summed E-state index contributed by atoms with van der Waals surface area (Å²) in [5, 5.41) is 15.6. The standard InChI is InChI=1S/C15H29N.C4H4O4/c1-14(2,13-9-5-3-6-10-13)15(16)11-7-4-8-12-15;5-3(6)1-2-4(7)8/h13H,3-12,16H2,1-2H3;1-2H,(H,5,6)(H,7,8). The summed E-state index contributed by atoms with van der Waals surface area (Å²) >= 11 is 0. The summed E-state index contributed by atoms with van der Waals surface area (Å²) in [6.07, 6.45) is 14.9. The molecule has 24 heavy (non-hydrogen) atoms. The second kappa shape index (κ2) is 9.21. The second-order valence-electron chi connectivity index (χ2n) is 7.78. The molecule has 5 heteroatoms. The van der Waals surface area contributed by atoms with E-state index in [0.717, 1.165) is 5.92 Å². The quantitative estimate of drug-likeness (QED) is 0.673. The molecule has 2 aliphatic rings. The highest BCUT2D eigenvalue weighted by Gasteiger charge is 2.46. The molecule has 138 valence electrons. The molecule has 0 atom stereocenters. The predicted octanol–water partition coefficient (Wildman–Crippen LogP) is 3.97. The molecule has 2 aliphatic carbocycles. The molecule has 0 aliphatic heterocycles. The maximum atomic E-state index is 9.55. The summed E-state index contributed by atoms with van der Waals surface area (Å²) in [4.78, 5) is 19.1. The average molecular weight is 339 g/mol. The van der Waals surface area contributed by atoms with Gasteiger partial charge in [-0.25, -0.2) is 9.59 Å². The molecule has 0 bridgehead atoms. The first-order chi connectivity index (χ1) is 11.2. The van der Waals surface area contributed by atoms with E-state index in [4.69, 9.17) is 15.9 Å². The van der Waals surface area contributed by atoms with E-state index in [9.17, 15) is 9.59 Å². The summed E-state index contributed by atoms with van der Waals surface area (Å²) in [5.74, 6) is -1.64. The van der Waals surface area contributed by atoms with Crippen LogP contribution in [-0.2, 0) is 9.59 Å². The van der Waals surface area contributed by atoms with Gasteiger partial charge in [0.15, 0.2) is 0 Å². The lowest BCUT2D eigenvalue weighted by atomic mass is 9.57. The van der Waals surface area contributed by atoms with Crippen LogP contribution in [0.15, 0.2) is 12.2 Å². The molecule has 0 aromatic heterocycles. The van der Waals surface area contributed by atoms with E-state index in [-0.39, 0.29) is 5.54 Å². The van der Waals surface area contributed by atoms with E-state index in [1.165, 1.54) is 64.2 Å². The lowest BCUT2D eigenvalue weighted by Crippen LogP contribution is -2.57. The average Bonchev–Trinajstić information content (AvgIpc) is 2.55. The first kappa shape index (κ1) is 20.7. The molecule has 0 saturated heterocycles. The molecule has 0 amide bonds. The first-order valence-electron chi connectivity index (χ1n) is 9.12. The van der Waals surface area contributed by atoms with E-state index < -0.39 is 11.9 Å². The largest absolute Gasteiger partial charge is 0.478 e. The Hall–Kier alpha value is -1.36. The minimum Gasteiger partial charge on any atom is -0.478 e. The van der Waals surface area contributed by atoms with Gasteiger partial charge in [0.2, 0.25) is 0 Å². The van der Waals surface area contributed by atoms with E-state index in [0.29, 0.717) is 17.6 Å². The molecule has 0 heterocycles. The van der Waals surface area contributed by atoms with Gasteiger partial charge in [-0.2, -0.15) is 0 Å². The molecular weight excluding hydrogens is 306 g/mol. The van der Waals surface area contributed by atoms with Gasteiger partial charge in [-0.1, -0.05) is 52.4 Å². The van der Waals surface area contributed by atoms with Gasteiger partial charge in [0.25, 0.3) is 0 Å². The van der Waals surface area contributed by atoms with Crippen LogP contribution in [0.2, 0.25) is 0 Å². The van der Waals surface area contributed by atoms with Crippen LogP contribution < -0.4 is 5.73 Å². The van der Waals surface area contributed by atoms with Gasteiger partial charge in [0.05, 0.1) is 0 Å². The Morgan fingerprint density at radius 3 is 1.75 bits per heavy atom. The smallest absolute Gasteiger partial charge is 0.328 e. The zero-order valence-corrected chi connectivity index (χ0v) is 15.1. The molecule has 0 unspecified atom stereocenters. The summed E-state index contributed by atoms with van der Waals surface area (Å²) in [7, 11) is 0. The zero-order chi connectivity index (χ0) is 18.2. The van der Waals surface area contributed by atoms with Crippen molar-refractivity contribution in [2.24, 2.45) is 17.1 Å². The maximum Gasteiger partial charge on any atom is 0.328 e. The molecule has 0 radical (unpaired) electrons. The molecule has 0 aromatic carbocycles. The molecule has 0 aromatic rings. The van der Waals surface area contributed by atoms with E-state index in [1.807, 2.05) is 0 Å². The van der Waals surface area contributed by atoms with Crippen molar-refractivity contribution in [3.05, 3.63) is 12.2 Å². The van der Waals surface area contributed by atoms with Crippen molar-refractivity contribution in [3.8, 4) is 0 Å². The van der Waals surface area contributed by atoms with Gasteiger partial charge in [-0.15, -0.1) is 0 Å². The highest BCUT2D eigenvalue weighted by Crippen LogP contribution is 2.49. The Morgan fingerprint density at radius 2 is 1.33 bits per heavy atom. The molecule has 2 rings (SSSR count). The molecule has 5 nitrogen and oxygen atoms in total. The van der Waals surface area contributed by atoms with Crippen LogP contribution in [-0.4, -0.2) is 27.7 Å². The Bertz CT molecular complexity index is 428. The minimum absolute atomic E-state index is 0.132. The lowest BCUT2D eigenvalue weighted by molar-refractivity contribution is -0.134. The van der Waals surface area contributed by atoms with Crippen LogP contribution >= 0.6 is 0 Å². The minimum atomic E-state index is -1.26. The molecule has 0 spiro atoms. The lowest BCUT2D eigenvalue weighted by Gasteiger charge is -2.52. The number of hydrogen-bond donors (Lipinski definition) is 3. The SMILES string of the molecule is CC(C)(C1CCCCC1)C1(N)CCCCC1.O=C(O)C=CC(=O)O. The summed E-state index contributed by atoms with van der Waals surface area (Å²) in [6.45, 7) is 4.91. The Balaban J connectivity index is 0.000000307. The monoisotopic (exact) mass is 339 g/mol. The van der Waals surface area contributed by atoms with Crippen LogP contribution in [0.1, 0.15) is 78.1 Å². The van der Waals surface area contributed by atoms with Gasteiger partial charge >= 0.3 is 11.9 Å². The van der Waals surface area contributed by atoms with Crippen LogP contribution in [0.3, 0.4) is 0 Å². The van der Waals surface area contributed by atoms with Crippen molar-refractivity contribution in [2.75, 3.05) is 0 Å². The highest BCUT2D eigenvalue weighted by atomic mass is 16.4. The molecular formula is C19H33NO4. The zero-order valence-electron chi connectivity index (χ0n) is 15.1. The van der Waals surface area contributed by atoms with Crippen molar-refractivity contribution in [2.45, 2.75) is 83.6 Å². The Kier molecular flexibility index (Phi) is 7.94. The van der Waals surface area contributed by atoms with Crippen molar-refractivity contribution >= 4 is 11.9 Å². The van der Waals surface area contributed by atoms with Gasteiger partial charge in [0.1, 0.15) is 0 Å². The van der Waals surface area contributed by atoms with E-state index in [2.05, 4.69) is 13.8 Å². The van der Waals surface area contributed by atoms with Crippen molar-refractivity contribution in [3.63, 3.8) is 0 Å². The van der Waals surface area contributed by atoms with Crippen molar-refractivity contribution in [1.29, 1.82) is 0 Å². The van der Waals surface area contributed by atoms with Gasteiger partial charge in [-0.05, 0) is 37.0 Å². The fourth-order valence-corrected chi connectivity index (χ4v) is 4.20. The normalized spacial score (nSPS) is 21.8. The summed E-state index contributed by atoms with van der Waals surface area (Å²) in [6, 6.07) is 0. The Labute approximate surface area is 145 Å². The first-order valence-corrected chi connectivity index (χ1v) is 9.12. The number of rotatable bonds is 4. The number of carboxylic acids is 2. The van der Waals surface area contributed by atoms with Crippen LogP contribution in [0.4, 0.5) is 0 Å². The van der Waals surface area contributed by atoms with Crippen LogP contribution in [0.5, 0.6) is 0 Å². The van der Waals surface area contributed by atoms with Gasteiger partial charge in [-0.3, -0.25) is 0 Å². The summed E-state index contributed by atoms with van der Waals surface area (Å²) < 4.78 is 0. The topological polar surface area (TPSA) is 101 Å². The van der Waals surface area contributed by atoms with Gasteiger partial charge in [0, 0.05) is 17.7 Å². The fourth-order valence-electron chi connectivity index (χ4n) is 4.20. The summed E-state index contributed by atoms with van der Waals surface area (Å²) in [5.41, 5.74) is 7.25. The number of hydrogen-bond acceptors (Lipinski definition) is 3. The number of carboxylic acid groups (broad SMARTS) is 2. The van der Waals surface area contributed by atoms with Crippen molar-refractivity contribution in [1.82, 2.24) is 0 Å². The third-order valence-electron chi connectivity index (χ3n) is 6.02. The molecule has 2 fully saturated rings. The van der Waals surface area contributed by atoms with Gasteiger partial charge < -0.3 is 15.9 Å². The molecule has 4 N–H and O–H groups in total. The highest BCUT2D eigenvalue weighted by molar-refractivity contribution is 5.89. The maximum absolute atomic E-state index is 9.55. The van der Waals surface area contributed by atoms with E-state index >= 15 is 0 Å². The molecule has 2 saturated carbocycles. The van der Waals surface area contributed by atoms with Crippen molar-refractivity contribution < 1.29 is 19.8 Å².